The van der Waals surface area contributed by atoms with E-state index in [4.69, 9.17) is 23.7 Å². The number of furan rings is 1. The molecule has 29 heavy (non-hydrogen) atoms. The SMILES string of the molecule is COc1ccc([C@H]2Oc3ccccc3[C@@H]3CC(c4ccc(C)o4)=NN23)cc1OC. The molecule has 2 aliphatic heterocycles. The Balaban J connectivity index is 1.59. The zero-order valence-electron chi connectivity index (χ0n) is 16.6. The molecule has 0 saturated carbocycles. The molecule has 3 heterocycles. The predicted octanol–water partition coefficient (Wildman–Crippen LogP) is 4.85. The lowest BCUT2D eigenvalue weighted by Gasteiger charge is -2.38. The summed E-state index contributed by atoms with van der Waals surface area (Å²) < 4.78 is 23.1. The highest BCUT2D eigenvalue weighted by molar-refractivity contribution is 5.99. The highest BCUT2D eigenvalue weighted by Crippen LogP contribution is 2.48. The second kappa shape index (κ2) is 6.88. The van der Waals surface area contributed by atoms with E-state index >= 15 is 0 Å². The first kappa shape index (κ1) is 17.7. The van der Waals surface area contributed by atoms with Crippen LogP contribution in [0.15, 0.2) is 64.1 Å². The van der Waals surface area contributed by atoms with Crippen LogP contribution in [0.1, 0.15) is 41.3 Å². The maximum atomic E-state index is 6.39. The van der Waals surface area contributed by atoms with E-state index in [1.807, 2.05) is 60.5 Å². The van der Waals surface area contributed by atoms with Crippen molar-refractivity contribution in [2.24, 2.45) is 5.10 Å². The van der Waals surface area contributed by atoms with Gasteiger partial charge in [0.2, 0.25) is 6.23 Å². The Bertz CT molecular complexity index is 1090. The van der Waals surface area contributed by atoms with Crippen molar-refractivity contribution < 1.29 is 18.6 Å². The monoisotopic (exact) mass is 390 g/mol. The Morgan fingerprint density at radius 1 is 1.00 bits per heavy atom. The van der Waals surface area contributed by atoms with E-state index in [-0.39, 0.29) is 12.3 Å². The van der Waals surface area contributed by atoms with Crippen LogP contribution in [0.4, 0.5) is 0 Å². The molecule has 0 amide bonds. The molecule has 0 aliphatic carbocycles. The van der Waals surface area contributed by atoms with Crippen molar-refractivity contribution >= 4 is 5.71 Å². The van der Waals surface area contributed by atoms with Crippen LogP contribution < -0.4 is 14.2 Å². The largest absolute Gasteiger partial charge is 0.493 e. The molecule has 0 unspecified atom stereocenters. The molecule has 6 nitrogen and oxygen atoms in total. The second-order valence-electron chi connectivity index (χ2n) is 7.18. The number of fused-ring (bicyclic) bond motifs is 3. The van der Waals surface area contributed by atoms with E-state index in [0.29, 0.717) is 11.5 Å². The Labute approximate surface area is 169 Å². The molecule has 0 spiro atoms. The summed E-state index contributed by atoms with van der Waals surface area (Å²) in [6.07, 6.45) is 0.389. The van der Waals surface area contributed by atoms with E-state index in [1.165, 1.54) is 0 Å². The summed E-state index contributed by atoms with van der Waals surface area (Å²) in [7, 11) is 3.26. The maximum Gasteiger partial charge on any atom is 0.214 e. The fraction of sp³-hybridized carbons (Fsp3) is 0.261. The molecule has 0 bridgehead atoms. The maximum absolute atomic E-state index is 6.39. The van der Waals surface area contributed by atoms with Crippen molar-refractivity contribution in [2.45, 2.75) is 25.6 Å². The topological polar surface area (TPSA) is 56.4 Å². The van der Waals surface area contributed by atoms with Crippen LogP contribution in [-0.4, -0.2) is 24.9 Å². The molecular formula is C23H22N2O4. The van der Waals surface area contributed by atoms with Crippen LogP contribution in [0.5, 0.6) is 17.2 Å². The van der Waals surface area contributed by atoms with Gasteiger partial charge in [-0.2, -0.15) is 5.10 Å². The Morgan fingerprint density at radius 3 is 2.59 bits per heavy atom. The lowest BCUT2D eigenvalue weighted by Crippen LogP contribution is -2.33. The van der Waals surface area contributed by atoms with E-state index in [2.05, 4.69) is 6.07 Å². The van der Waals surface area contributed by atoms with E-state index in [9.17, 15) is 0 Å². The lowest BCUT2D eigenvalue weighted by molar-refractivity contribution is -0.0191. The van der Waals surface area contributed by atoms with Crippen LogP contribution in [0.3, 0.4) is 0 Å². The van der Waals surface area contributed by atoms with E-state index in [0.717, 1.165) is 40.5 Å². The van der Waals surface area contributed by atoms with Gasteiger partial charge in [0.1, 0.15) is 23.0 Å². The number of aryl methyl sites for hydroxylation is 1. The van der Waals surface area contributed by atoms with Crippen LogP contribution in [0, 0.1) is 6.92 Å². The molecule has 6 heteroatoms. The van der Waals surface area contributed by atoms with E-state index in [1.54, 1.807) is 14.2 Å². The molecule has 2 aliphatic rings. The molecular weight excluding hydrogens is 368 g/mol. The fourth-order valence-electron chi connectivity index (χ4n) is 4.00. The first-order valence-electron chi connectivity index (χ1n) is 9.58. The zero-order chi connectivity index (χ0) is 20.0. The minimum atomic E-state index is -0.372. The van der Waals surface area contributed by atoms with Gasteiger partial charge in [-0.25, -0.2) is 5.01 Å². The average Bonchev–Trinajstić information content (AvgIpc) is 3.39. The van der Waals surface area contributed by atoms with Crippen molar-refractivity contribution in [3.05, 3.63) is 77.2 Å². The number of hydrogen-bond acceptors (Lipinski definition) is 6. The van der Waals surface area contributed by atoms with Gasteiger partial charge in [0.05, 0.1) is 20.3 Å². The number of hydrogen-bond donors (Lipinski definition) is 0. The van der Waals surface area contributed by atoms with Gasteiger partial charge < -0.3 is 18.6 Å². The smallest absolute Gasteiger partial charge is 0.214 e. The highest BCUT2D eigenvalue weighted by atomic mass is 16.5. The summed E-state index contributed by atoms with van der Waals surface area (Å²) in [6, 6.07) is 18.0. The van der Waals surface area contributed by atoms with Gasteiger partial charge in [0, 0.05) is 17.5 Å². The number of nitrogens with zero attached hydrogens (tertiary/aromatic N) is 2. The van der Waals surface area contributed by atoms with E-state index < -0.39 is 0 Å². The summed E-state index contributed by atoms with van der Waals surface area (Å²) in [4.78, 5) is 0. The highest BCUT2D eigenvalue weighted by Gasteiger charge is 2.41. The molecule has 0 N–H and O–H groups in total. The van der Waals surface area contributed by atoms with Crippen molar-refractivity contribution in [3.8, 4) is 17.2 Å². The number of hydrazone groups is 1. The number of methoxy groups -OCH3 is 2. The van der Waals surface area contributed by atoms with Crippen LogP contribution in [0.25, 0.3) is 0 Å². The standard InChI is InChI=1S/C23H22N2O4/c1-14-8-10-20(28-14)17-13-18-16-6-4-5-7-19(16)29-23(25(18)24-17)15-9-11-21(26-2)22(12-15)27-3/h4-12,18,23H,13H2,1-3H3/t18-,23+/m0/s1. The molecule has 1 aromatic heterocycles. The Hall–Kier alpha value is -3.41. The third-order valence-electron chi connectivity index (χ3n) is 5.42. The third kappa shape index (κ3) is 2.92. The van der Waals surface area contributed by atoms with Gasteiger partial charge in [0.25, 0.3) is 0 Å². The molecule has 2 atom stereocenters. The van der Waals surface area contributed by atoms with Crippen LogP contribution >= 0.6 is 0 Å². The summed E-state index contributed by atoms with van der Waals surface area (Å²) >= 11 is 0. The summed E-state index contributed by atoms with van der Waals surface area (Å²) in [5.74, 6) is 3.90. The summed E-state index contributed by atoms with van der Waals surface area (Å²) in [5.41, 5.74) is 3.00. The van der Waals surface area contributed by atoms with Gasteiger partial charge in [-0.05, 0) is 43.3 Å². The molecule has 148 valence electrons. The van der Waals surface area contributed by atoms with Crippen molar-refractivity contribution in [2.75, 3.05) is 14.2 Å². The van der Waals surface area contributed by atoms with Crippen LogP contribution in [-0.2, 0) is 0 Å². The predicted molar refractivity (Wildman–Crippen MR) is 109 cm³/mol. The van der Waals surface area contributed by atoms with Crippen LogP contribution in [0.2, 0.25) is 0 Å². The third-order valence-corrected chi connectivity index (χ3v) is 5.42. The number of benzene rings is 2. The minimum absolute atomic E-state index is 0.0819. The Morgan fingerprint density at radius 2 is 1.83 bits per heavy atom. The minimum Gasteiger partial charge on any atom is -0.493 e. The van der Waals surface area contributed by atoms with Crippen molar-refractivity contribution in [1.82, 2.24) is 5.01 Å². The molecule has 5 rings (SSSR count). The van der Waals surface area contributed by atoms with Gasteiger partial charge in [-0.15, -0.1) is 0 Å². The normalized spacial score (nSPS) is 19.8. The van der Waals surface area contributed by atoms with Gasteiger partial charge >= 0.3 is 0 Å². The molecule has 0 saturated heterocycles. The summed E-state index contributed by atoms with van der Waals surface area (Å²) in [6.45, 7) is 1.94. The van der Waals surface area contributed by atoms with Gasteiger partial charge in [-0.1, -0.05) is 18.2 Å². The van der Waals surface area contributed by atoms with Gasteiger partial charge in [0.15, 0.2) is 11.5 Å². The van der Waals surface area contributed by atoms with Gasteiger partial charge in [-0.3, -0.25) is 0 Å². The lowest BCUT2D eigenvalue weighted by atomic mass is 9.97. The molecule has 2 aromatic carbocycles. The first-order chi connectivity index (χ1) is 14.2. The average molecular weight is 390 g/mol. The number of ether oxygens (including phenoxy) is 3. The number of para-hydroxylation sites is 1. The summed E-state index contributed by atoms with van der Waals surface area (Å²) in [5, 5.41) is 6.93. The Kier molecular flexibility index (Phi) is 4.19. The number of rotatable bonds is 4. The molecule has 3 aromatic rings. The second-order valence-corrected chi connectivity index (χ2v) is 7.18. The first-order valence-corrected chi connectivity index (χ1v) is 9.58. The molecule has 0 radical (unpaired) electrons. The van der Waals surface area contributed by atoms with Crippen molar-refractivity contribution in [1.29, 1.82) is 0 Å². The van der Waals surface area contributed by atoms with Crippen molar-refractivity contribution in [3.63, 3.8) is 0 Å². The zero-order valence-corrected chi connectivity index (χ0v) is 16.6. The molecule has 0 fully saturated rings. The quantitative estimate of drug-likeness (QED) is 0.638. The fourth-order valence-corrected chi connectivity index (χ4v) is 4.00.